The minimum absolute atomic E-state index is 0. The fraction of sp³-hybridized carbons (Fsp3) is 0.417. The van der Waals surface area contributed by atoms with Crippen LogP contribution in [0.25, 0.3) is 0 Å². The van der Waals surface area contributed by atoms with Crippen LogP contribution in [0.4, 0.5) is 0 Å². The molecule has 0 heterocycles. The summed E-state index contributed by atoms with van der Waals surface area (Å²) in [6.07, 6.45) is 3.10. The second-order valence-electron chi connectivity index (χ2n) is 4.52. The summed E-state index contributed by atoms with van der Waals surface area (Å²) in [5, 5.41) is 3.40. The molecule has 2 rings (SSSR count). The number of hydrogen-bond acceptors (Lipinski definition) is 2. The van der Waals surface area contributed by atoms with Gasteiger partial charge in [0.25, 0.3) is 5.91 Å². The highest BCUT2D eigenvalue weighted by Gasteiger charge is 2.32. The van der Waals surface area contributed by atoms with E-state index in [0.29, 0.717) is 17.1 Å². The third-order valence-corrected chi connectivity index (χ3v) is 4.05. The third kappa shape index (κ3) is 3.60. The molecule has 1 aliphatic carbocycles. The Morgan fingerprint density at radius 3 is 2.72 bits per heavy atom. The number of hydrogen-bond donors (Lipinski definition) is 2. The lowest BCUT2D eigenvalue weighted by atomic mass is 9.78. The molecule has 0 bridgehead atoms. The molecular formula is C12H15BrCl2N2O. The minimum atomic E-state index is -0.208. The van der Waals surface area contributed by atoms with Gasteiger partial charge in [-0.05, 0) is 53.4 Å². The van der Waals surface area contributed by atoms with Crippen molar-refractivity contribution in [2.45, 2.75) is 24.8 Å². The number of halogens is 3. The van der Waals surface area contributed by atoms with Crippen molar-refractivity contribution in [3.8, 4) is 0 Å². The van der Waals surface area contributed by atoms with Crippen molar-refractivity contribution in [2.24, 2.45) is 5.73 Å². The van der Waals surface area contributed by atoms with E-state index >= 15 is 0 Å². The number of nitrogens with one attached hydrogen (secondary N) is 1. The van der Waals surface area contributed by atoms with Crippen molar-refractivity contribution in [1.82, 2.24) is 5.32 Å². The SMILES string of the molecule is Cl.NC1(CNC(=O)c2cc(Cl)ccc2Br)CCC1. The van der Waals surface area contributed by atoms with E-state index in [0.717, 1.165) is 23.7 Å². The number of carbonyl (C=O) groups is 1. The summed E-state index contributed by atoms with van der Waals surface area (Å²) in [4.78, 5) is 11.9. The van der Waals surface area contributed by atoms with Crippen LogP contribution in [0, 0.1) is 0 Å². The van der Waals surface area contributed by atoms with Gasteiger partial charge < -0.3 is 11.1 Å². The topological polar surface area (TPSA) is 55.1 Å². The Balaban J connectivity index is 0.00000162. The highest BCUT2D eigenvalue weighted by atomic mass is 79.9. The third-order valence-electron chi connectivity index (χ3n) is 3.12. The number of nitrogens with two attached hydrogens (primary N) is 1. The summed E-state index contributed by atoms with van der Waals surface area (Å²) in [6, 6.07) is 5.14. The molecule has 0 radical (unpaired) electrons. The highest BCUT2D eigenvalue weighted by molar-refractivity contribution is 9.10. The summed E-state index contributed by atoms with van der Waals surface area (Å²) in [5.74, 6) is -0.142. The van der Waals surface area contributed by atoms with Crippen molar-refractivity contribution in [3.63, 3.8) is 0 Å². The van der Waals surface area contributed by atoms with E-state index in [1.165, 1.54) is 0 Å². The molecule has 0 aromatic heterocycles. The van der Waals surface area contributed by atoms with E-state index in [9.17, 15) is 4.79 Å². The molecule has 0 aliphatic heterocycles. The van der Waals surface area contributed by atoms with Gasteiger partial charge in [-0.25, -0.2) is 0 Å². The fourth-order valence-corrected chi connectivity index (χ4v) is 2.43. The van der Waals surface area contributed by atoms with Crippen molar-refractivity contribution in [3.05, 3.63) is 33.3 Å². The number of rotatable bonds is 3. The van der Waals surface area contributed by atoms with Gasteiger partial charge in [0.15, 0.2) is 0 Å². The van der Waals surface area contributed by atoms with Crippen LogP contribution in [0.15, 0.2) is 22.7 Å². The Morgan fingerprint density at radius 1 is 1.50 bits per heavy atom. The van der Waals surface area contributed by atoms with Gasteiger partial charge in [0.1, 0.15) is 0 Å². The molecule has 0 saturated heterocycles. The second-order valence-corrected chi connectivity index (χ2v) is 5.81. The quantitative estimate of drug-likeness (QED) is 0.877. The standard InChI is InChI=1S/C12H14BrClN2O.ClH/c13-10-3-2-8(14)6-9(10)11(17)16-7-12(15)4-1-5-12;/h2-3,6H,1,4-5,7,15H2,(H,16,17);1H. The van der Waals surface area contributed by atoms with Gasteiger partial charge in [-0.3, -0.25) is 4.79 Å². The van der Waals surface area contributed by atoms with Crippen LogP contribution in [0.2, 0.25) is 5.02 Å². The van der Waals surface area contributed by atoms with Crippen molar-refractivity contribution >= 4 is 45.8 Å². The van der Waals surface area contributed by atoms with E-state index in [-0.39, 0.29) is 23.9 Å². The molecule has 3 N–H and O–H groups in total. The van der Waals surface area contributed by atoms with Crippen LogP contribution < -0.4 is 11.1 Å². The predicted octanol–water partition coefficient (Wildman–Crippen LogP) is 3.14. The molecule has 100 valence electrons. The van der Waals surface area contributed by atoms with Crippen LogP contribution in [-0.4, -0.2) is 18.0 Å². The molecule has 3 nitrogen and oxygen atoms in total. The second kappa shape index (κ2) is 6.24. The summed E-state index contributed by atoms with van der Waals surface area (Å²) < 4.78 is 0.735. The van der Waals surface area contributed by atoms with Crippen LogP contribution >= 0.6 is 39.9 Å². The maximum absolute atomic E-state index is 11.9. The average Bonchev–Trinajstić information content (AvgIpc) is 2.26. The molecule has 0 atom stereocenters. The number of amides is 1. The first-order chi connectivity index (χ1) is 8.00. The van der Waals surface area contributed by atoms with Crippen molar-refractivity contribution in [1.29, 1.82) is 0 Å². The summed E-state index contributed by atoms with van der Waals surface area (Å²) in [5.41, 5.74) is 6.38. The van der Waals surface area contributed by atoms with Gasteiger partial charge in [-0.1, -0.05) is 11.6 Å². The summed E-state index contributed by atoms with van der Waals surface area (Å²) >= 11 is 9.20. The molecule has 1 aromatic rings. The van der Waals surface area contributed by atoms with Crippen LogP contribution in [0.1, 0.15) is 29.6 Å². The lowest BCUT2D eigenvalue weighted by molar-refractivity contribution is 0.0929. The minimum Gasteiger partial charge on any atom is -0.350 e. The van der Waals surface area contributed by atoms with Crippen LogP contribution in [0.5, 0.6) is 0 Å². The Hall–Kier alpha value is -0.290. The normalized spacial score (nSPS) is 16.4. The number of carbonyl (C=O) groups excluding carboxylic acids is 1. The molecule has 0 spiro atoms. The Bertz CT molecular complexity index is 450. The molecule has 6 heteroatoms. The lowest BCUT2D eigenvalue weighted by Crippen LogP contribution is -2.54. The molecule has 1 aromatic carbocycles. The van der Waals surface area contributed by atoms with Crippen LogP contribution in [0.3, 0.4) is 0 Å². The van der Waals surface area contributed by atoms with Gasteiger partial charge >= 0.3 is 0 Å². The average molecular weight is 354 g/mol. The maximum Gasteiger partial charge on any atom is 0.252 e. The number of benzene rings is 1. The van der Waals surface area contributed by atoms with E-state index in [2.05, 4.69) is 21.2 Å². The first-order valence-electron chi connectivity index (χ1n) is 5.52. The summed E-state index contributed by atoms with van der Waals surface area (Å²) in [7, 11) is 0. The molecule has 1 fully saturated rings. The molecular weight excluding hydrogens is 339 g/mol. The van der Waals surface area contributed by atoms with E-state index in [1.807, 2.05) is 0 Å². The predicted molar refractivity (Wildman–Crippen MR) is 79.5 cm³/mol. The smallest absolute Gasteiger partial charge is 0.252 e. The Kier molecular flexibility index (Phi) is 5.46. The molecule has 1 saturated carbocycles. The van der Waals surface area contributed by atoms with Crippen molar-refractivity contribution < 1.29 is 4.79 Å². The van der Waals surface area contributed by atoms with Gasteiger partial charge in [0, 0.05) is 21.6 Å². The lowest BCUT2D eigenvalue weighted by Gasteiger charge is -2.38. The zero-order valence-corrected chi connectivity index (χ0v) is 12.9. The first-order valence-corrected chi connectivity index (χ1v) is 6.69. The van der Waals surface area contributed by atoms with E-state index in [4.69, 9.17) is 17.3 Å². The maximum atomic E-state index is 11.9. The molecule has 1 aliphatic rings. The van der Waals surface area contributed by atoms with E-state index < -0.39 is 0 Å². The van der Waals surface area contributed by atoms with Crippen molar-refractivity contribution in [2.75, 3.05) is 6.54 Å². The summed E-state index contributed by atoms with van der Waals surface area (Å²) in [6.45, 7) is 0.519. The first kappa shape index (κ1) is 15.8. The Morgan fingerprint density at radius 2 is 2.17 bits per heavy atom. The molecule has 0 unspecified atom stereocenters. The largest absolute Gasteiger partial charge is 0.350 e. The fourth-order valence-electron chi connectivity index (χ4n) is 1.83. The van der Waals surface area contributed by atoms with Gasteiger partial charge in [0.05, 0.1) is 5.56 Å². The van der Waals surface area contributed by atoms with E-state index in [1.54, 1.807) is 18.2 Å². The van der Waals surface area contributed by atoms with Gasteiger partial charge in [-0.2, -0.15) is 0 Å². The zero-order valence-electron chi connectivity index (χ0n) is 9.71. The van der Waals surface area contributed by atoms with Crippen LogP contribution in [-0.2, 0) is 0 Å². The molecule has 1 amide bonds. The molecule has 18 heavy (non-hydrogen) atoms. The van der Waals surface area contributed by atoms with Gasteiger partial charge in [0.2, 0.25) is 0 Å². The van der Waals surface area contributed by atoms with Gasteiger partial charge in [-0.15, -0.1) is 12.4 Å². The Labute approximate surface area is 126 Å². The zero-order chi connectivity index (χ0) is 12.5. The monoisotopic (exact) mass is 352 g/mol. The highest BCUT2D eigenvalue weighted by Crippen LogP contribution is 2.28.